The number of pyridine rings is 1. The molecule has 2 rings (SSSR count). The number of nitrogens with zero attached hydrogens (tertiary/aromatic N) is 3. The summed E-state index contributed by atoms with van der Waals surface area (Å²) in [5.41, 5.74) is -3.69. The van der Waals surface area contributed by atoms with Gasteiger partial charge in [-0.05, 0) is 20.8 Å². The number of rotatable bonds is 3. The van der Waals surface area contributed by atoms with Crippen LogP contribution in [0.15, 0.2) is 18.5 Å². The molecule has 8 nitrogen and oxygen atoms in total. The number of hydrogen-bond acceptors (Lipinski definition) is 5. The first kappa shape index (κ1) is 20.5. The number of carboxylic acids is 1. The number of anilines is 1. The van der Waals surface area contributed by atoms with Crippen LogP contribution in [0.4, 0.5) is 23.8 Å². The van der Waals surface area contributed by atoms with E-state index >= 15 is 0 Å². The molecule has 1 amide bonds. The van der Waals surface area contributed by atoms with Gasteiger partial charge < -0.3 is 9.84 Å². The van der Waals surface area contributed by atoms with Gasteiger partial charge in [0.25, 0.3) is 0 Å². The SMILES string of the molecule is CC(C)(C)OC(=O)Nc1cc(-n2ncc(C(=O)O)c2C(F)(F)F)c(Cl)cn1. The molecule has 0 aromatic carbocycles. The molecule has 2 heterocycles. The van der Waals surface area contributed by atoms with Gasteiger partial charge in [0, 0.05) is 6.07 Å². The first-order valence-corrected chi connectivity index (χ1v) is 7.72. The number of aromatic carboxylic acids is 1. The molecule has 0 atom stereocenters. The molecular weight excluding hydrogens is 393 g/mol. The summed E-state index contributed by atoms with van der Waals surface area (Å²) < 4.78 is 45.4. The number of carbonyl (C=O) groups excluding carboxylic acids is 1. The fourth-order valence-corrected chi connectivity index (χ4v) is 2.21. The molecule has 2 aromatic rings. The summed E-state index contributed by atoms with van der Waals surface area (Å²) in [5.74, 6) is -1.96. The normalized spacial score (nSPS) is 12.0. The number of halogens is 4. The predicted octanol–water partition coefficient (Wildman–Crippen LogP) is 3.98. The summed E-state index contributed by atoms with van der Waals surface area (Å²) in [6, 6.07) is 1.01. The zero-order valence-electron chi connectivity index (χ0n) is 14.3. The molecule has 27 heavy (non-hydrogen) atoms. The van der Waals surface area contributed by atoms with Crippen molar-refractivity contribution in [1.82, 2.24) is 14.8 Å². The Morgan fingerprint density at radius 3 is 2.41 bits per heavy atom. The molecule has 0 bridgehead atoms. The number of aromatic nitrogens is 3. The molecule has 2 N–H and O–H groups in total. The van der Waals surface area contributed by atoms with Crippen LogP contribution in [-0.4, -0.2) is 37.5 Å². The summed E-state index contributed by atoms with van der Waals surface area (Å²) in [5, 5.41) is 14.5. The van der Waals surface area contributed by atoms with Crippen LogP contribution < -0.4 is 5.32 Å². The molecule has 0 aliphatic heterocycles. The van der Waals surface area contributed by atoms with E-state index in [1.807, 2.05) is 0 Å². The maximum Gasteiger partial charge on any atom is 0.434 e. The van der Waals surface area contributed by atoms with Crippen LogP contribution in [0, 0.1) is 0 Å². The Bertz CT molecular complexity index is 890. The lowest BCUT2D eigenvalue weighted by atomic mass is 10.2. The summed E-state index contributed by atoms with van der Waals surface area (Å²) in [6.07, 6.45) is -4.35. The standard InChI is InChI=1S/C15H14ClF3N4O4/c1-14(2,3)27-13(26)22-10-4-9(8(16)6-20-10)23-11(15(17,18)19)7(5-21-23)12(24)25/h4-6H,1-3H3,(H,24,25)(H,20,22,26). The topological polar surface area (TPSA) is 106 Å². The number of carbonyl (C=O) groups is 2. The highest BCUT2D eigenvalue weighted by Gasteiger charge is 2.41. The van der Waals surface area contributed by atoms with E-state index in [4.69, 9.17) is 21.4 Å². The molecule has 0 fully saturated rings. The van der Waals surface area contributed by atoms with Crippen molar-refractivity contribution in [3.8, 4) is 5.69 Å². The van der Waals surface area contributed by atoms with E-state index in [1.165, 1.54) is 0 Å². The van der Waals surface area contributed by atoms with Gasteiger partial charge in [0.1, 0.15) is 17.0 Å². The van der Waals surface area contributed by atoms with Gasteiger partial charge in [-0.3, -0.25) is 5.32 Å². The van der Waals surface area contributed by atoms with Gasteiger partial charge in [-0.15, -0.1) is 0 Å². The fourth-order valence-electron chi connectivity index (χ4n) is 2.03. The number of carboxylic acid groups (broad SMARTS) is 1. The van der Waals surface area contributed by atoms with Crippen LogP contribution >= 0.6 is 11.6 Å². The van der Waals surface area contributed by atoms with Crippen molar-refractivity contribution < 1.29 is 32.6 Å². The van der Waals surface area contributed by atoms with Gasteiger partial charge in [-0.1, -0.05) is 11.6 Å². The largest absolute Gasteiger partial charge is 0.478 e. The summed E-state index contributed by atoms with van der Waals surface area (Å²) >= 11 is 5.90. The molecule has 0 spiro atoms. The minimum absolute atomic E-state index is 0.163. The van der Waals surface area contributed by atoms with E-state index < -0.39 is 35.1 Å². The highest BCUT2D eigenvalue weighted by molar-refractivity contribution is 6.32. The van der Waals surface area contributed by atoms with Crippen molar-refractivity contribution in [2.45, 2.75) is 32.5 Å². The highest BCUT2D eigenvalue weighted by Crippen LogP contribution is 2.35. The number of alkyl halides is 3. The molecule has 12 heteroatoms. The first-order valence-electron chi connectivity index (χ1n) is 7.34. The molecule has 0 radical (unpaired) electrons. The van der Waals surface area contributed by atoms with Crippen LogP contribution in [-0.2, 0) is 10.9 Å². The Morgan fingerprint density at radius 1 is 1.26 bits per heavy atom. The summed E-state index contributed by atoms with van der Waals surface area (Å²) in [4.78, 5) is 26.7. The van der Waals surface area contributed by atoms with Gasteiger partial charge >= 0.3 is 18.2 Å². The van der Waals surface area contributed by atoms with Gasteiger partial charge in [-0.25, -0.2) is 19.3 Å². The molecule has 146 valence electrons. The Morgan fingerprint density at radius 2 is 1.89 bits per heavy atom. The molecule has 2 aromatic heterocycles. The van der Waals surface area contributed by atoms with E-state index in [-0.39, 0.29) is 16.5 Å². The Hall–Kier alpha value is -2.82. The van der Waals surface area contributed by atoms with Gasteiger partial charge in [-0.2, -0.15) is 18.3 Å². The van der Waals surface area contributed by atoms with Crippen molar-refractivity contribution in [1.29, 1.82) is 0 Å². The lowest BCUT2D eigenvalue weighted by Gasteiger charge is -2.19. The third-order valence-corrected chi connectivity index (χ3v) is 3.25. The van der Waals surface area contributed by atoms with E-state index in [1.54, 1.807) is 20.8 Å². The number of hydrogen-bond donors (Lipinski definition) is 2. The zero-order chi connectivity index (χ0) is 20.6. The van der Waals surface area contributed by atoms with Crippen LogP contribution in [0.3, 0.4) is 0 Å². The summed E-state index contributed by atoms with van der Waals surface area (Å²) in [7, 11) is 0. The van der Waals surface area contributed by atoms with E-state index in [0.29, 0.717) is 10.9 Å². The number of ether oxygens (including phenoxy) is 1. The third-order valence-electron chi connectivity index (χ3n) is 2.96. The molecule has 0 saturated heterocycles. The Kier molecular flexibility index (Phi) is 5.36. The lowest BCUT2D eigenvalue weighted by molar-refractivity contribution is -0.143. The second kappa shape index (κ2) is 7.06. The average molecular weight is 407 g/mol. The van der Waals surface area contributed by atoms with Gasteiger partial charge in [0.05, 0.1) is 23.1 Å². The fraction of sp³-hybridized carbons (Fsp3) is 0.333. The molecule has 0 unspecified atom stereocenters. The van der Waals surface area contributed by atoms with Crippen LogP contribution in [0.25, 0.3) is 5.69 Å². The quantitative estimate of drug-likeness (QED) is 0.798. The highest BCUT2D eigenvalue weighted by atomic mass is 35.5. The minimum atomic E-state index is -5.02. The molecular formula is C15H14ClF3N4O4. The monoisotopic (exact) mass is 406 g/mol. The maximum absolute atomic E-state index is 13.3. The number of nitrogens with one attached hydrogen (secondary N) is 1. The predicted molar refractivity (Wildman–Crippen MR) is 88.2 cm³/mol. The smallest absolute Gasteiger partial charge is 0.434 e. The maximum atomic E-state index is 13.3. The first-order chi connectivity index (χ1) is 12.3. The van der Waals surface area contributed by atoms with Crippen molar-refractivity contribution in [3.63, 3.8) is 0 Å². The van der Waals surface area contributed by atoms with E-state index in [2.05, 4.69) is 15.4 Å². The van der Waals surface area contributed by atoms with Crippen molar-refractivity contribution in [2.75, 3.05) is 5.32 Å². The van der Waals surface area contributed by atoms with E-state index in [9.17, 15) is 22.8 Å². The molecule has 0 aliphatic rings. The van der Waals surface area contributed by atoms with Crippen molar-refractivity contribution in [3.05, 3.63) is 34.7 Å². The second-order valence-corrected chi connectivity index (χ2v) is 6.68. The Balaban J connectivity index is 2.49. The van der Waals surface area contributed by atoms with E-state index in [0.717, 1.165) is 12.3 Å². The Labute approximate surface area is 155 Å². The average Bonchev–Trinajstić information content (AvgIpc) is 2.92. The molecule has 0 aliphatic carbocycles. The lowest BCUT2D eigenvalue weighted by Crippen LogP contribution is -2.27. The van der Waals surface area contributed by atoms with Gasteiger partial charge in [0.2, 0.25) is 0 Å². The zero-order valence-corrected chi connectivity index (χ0v) is 15.0. The third kappa shape index (κ3) is 4.88. The van der Waals surface area contributed by atoms with Crippen LogP contribution in [0.2, 0.25) is 5.02 Å². The van der Waals surface area contributed by atoms with Gasteiger partial charge in [0.15, 0.2) is 5.69 Å². The van der Waals surface area contributed by atoms with Crippen molar-refractivity contribution >= 4 is 29.5 Å². The summed E-state index contributed by atoms with van der Waals surface area (Å²) in [6.45, 7) is 4.88. The second-order valence-electron chi connectivity index (χ2n) is 6.27. The van der Waals surface area contributed by atoms with Crippen LogP contribution in [0.5, 0.6) is 0 Å². The van der Waals surface area contributed by atoms with Crippen LogP contribution in [0.1, 0.15) is 36.8 Å². The van der Waals surface area contributed by atoms with Crippen molar-refractivity contribution in [2.24, 2.45) is 0 Å². The molecule has 0 saturated carbocycles. The minimum Gasteiger partial charge on any atom is -0.478 e. The number of amides is 1.